The molecule has 1 aromatic carbocycles. The highest BCUT2D eigenvalue weighted by molar-refractivity contribution is 6.31. The van der Waals surface area contributed by atoms with Crippen molar-refractivity contribution in [2.75, 3.05) is 6.54 Å². The van der Waals surface area contributed by atoms with Gasteiger partial charge in [0.15, 0.2) is 0 Å². The van der Waals surface area contributed by atoms with Gasteiger partial charge in [-0.2, -0.15) is 0 Å². The highest BCUT2D eigenvalue weighted by Crippen LogP contribution is 2.29. The van der Waals surface area contributed by atoms with Crippen molar-refractivity contribution in [2.45, 2.75) is 26.3 Å². The summed E-state index contributed by atoms with van der Waals surface area (Å²) in [6.45, 7) is 4.96. The van der Waals surface area contributed by atoms with Crippen LogP contribution < -0.4 is 5.32 Å². The summed E-state index contributed by atoms with van der Waals surface area (Å²) in [6.07, 6.45) is 4.64. The van der Waals surface area contributed by atoms with Crippen molar-refractivity contribution in [3.8, 4) is 0 Å². The van der Waals surface area contributed by atoms with E-state index >= 15 is 0 Å². The lowest BCUT2D eigenvalue weighted by atomic mass is 9.99. The fraction of sp³-hybridized carbons (Fsp3) is 0.312. The molecule has 0 saturated heterocycles. The number of nitrogens with one attached hydrogen (secondary N) is 1. The number of aryl methyl sites for hydroxylation is 1. The van der Waals surface area contributed by atoms with Crippen LogP contribution >= 0.6 is 11.6 Å². The van der Waals surface area contributed by atoms with Crippen molar-refractivity contribution in [3.05, 3.63) is 64.2 Å². The summed E-state index contributed by atoms with van der Waals surface area (Å²) in [5.74, 6) is -0.324. The van der Waals surface area contributed by atoms with Crippen molar-refractivity contribution in [1.29, 1.82) is 0 Å². The zero-order chi connectivity index (χ0) is 14.5. The number of nitrogens with zero attached hydrogens (tertiary/aromatic N) is 1. The summed E-state index contributed by atoms with van der Waals surface area (Å²) in [4.78, 5) is 4.23. The fourth-order valence-corrected chi connectivity index (χ4v) is 2.44. The maximum Gasteiger partial charge on any atom is 0.124 e. The largest absolute Gasteiger partial charge is 0.306 e. The Labute approximate surface area is 124 Å². The molecule has 1 N–H and O–H groups in total. The van der Waals surface area contributed by atoms with Crippen molar-refractivity contribution >= 4 is 11.6 Å². The smallest absolute Gasteiger partial charge is 0.124 e. The first-order chi connectivity index (χ1) is 9.61. The summed E-state index contributed by atoms with van der Waals surface area (Å²) < 4.78 is 13.2. The quantitative estimate of drug-likeness (QED) is 0.890. The minimum Gasteiger partial charge on any atom is -0.306 e. The maximum atomic E-state index is 13.2. The van der Waals surface area contributed by atoms with E-state index in [0.29, 0.717) is 5.02 Å². The summed E-state index contributed by atoms with van der Waals surface area (Å²) in [5.41, 5.74) is 2.99. The first kappa shape index (κ1) is 14.9. The molecule has 2 rings (SSSR count). The summed E-state index contributed by atoms with van der Waals surface area (Å²) in [5, 5.41) is 3.87. The van der Waals surface area contributed by atoms with Gasteiger partial charge in [-0.3, -0.25) is 4.98 Å². The topological polar surface area (TPSA) is 24.9 Å². The van der Waals surface area contributed by atoms with Gasteiger partial charge in [0.25, 0.3) is 0 Å². The second kappa shape index (κ2) is 6.82. The van der Waals surface area contributed by atoms with E-state index in [4.69, 9.17) is 11.6 Å². The molecule has 0 saturated carbocycles. The van der Waals surface area contributed by atoms with Crippen LogP contribution in [0.1, 0.15) is 36.1 Å². The number of pyridine rings is 1. The highest BCUT2D eigenvalue weighted by atomic mass is 35.5. The second-order valence-corrected chi connectivity index (χ2v) is 5.26. The molecule has 1 aromatic heterocycles. The summed E-state index contributed by atoms with van der Waals surface area (Å²) >= 11 is 6.19. The molecule has 106 valence electrons. The van der Waals surface area contributed by atoms with Gasteiger partial charge < -0.3 is 5.32 Å². The Bertz CT molecular complexity index is 586. The van der Waals surface area contributed by atoms with Crippen LogP contribution in [0.3, 0.4) is 0 Å². The third-order valence-electron chi connectivity index (χ3n) is 3.10. The SMILES string of the molecule is CCCNC(c1cncc(C)c1)c1ccc(F)cc1Cl. The van der Waals surface area contributed by atoms with Gasteiger partial charge in [-0.1, -0.05) is 30.7 Å². The lowest BCUT2D eigenvalue weighted by Crippen LogP contribution is -2.23. The lowest BCUT2D eigenvalue weighted by Gasteiger charge is -2.20. The minimum atomic E-state index is -0.324. The van der Waals surface area contributed by atoms with E-state index in [2.05, 4.69) is 23.3 Å². The van der Waals surface area contributed by atoms with Crippen molar-refractivity contribution in [1.82, 2.24) is 10.3 Å². The molecule has 0 aliphatic heterocycles. The maximum absolute atomic E-state index is 13.2. The zero-order valence-electron chi connectivity index (χ0n) is 11.7. The molecule has 0 bridgehead atoms. The van der Waals surface area contributed by atoms with Gasteiger partial charge in [-0.05, 0) is 48.7 Å². The summed E-state index contributed by atoms with van der Waals surface area (Å²) in [6, 6.07) is 6.51. The van der Waals surface area contributed by atoms with Crippen LogP contribution in [0.5, 0.6) is 0 Å². The molecule has 2 aromatic rings. The minimum absolute atomic E-state index is 0.0737. The normalized spacial score (nSPS) is 12.4. The highest BCUT2D eigenvalue weighted by Gasteiger charge is 2.17. The van der Waals surface area contributed by atoms with Crippen LogP contribution in [0.2, 0.25) is 5.02 Å². The molecule has 0 aliphatic rings. The van der Waals surface area contributed by atoms with Crippen LogP contribution in [0.4, 0.5) is 4.39 Å². The van der Waals surface area contributed by atoms with E-state index in [1.54, 1.807) is 6.07 Å². The molecular weight excluding hydrogens is 275 g/mol. The molecule has 20 heavy (non-hydrogen) atoms. The Balaban J connectivity index is 2.41. The van der Waals surface area contributed by atoms with E-state index in [-0.39, 0.29) is 11.9 Å². The van der Waals surface area contributed by atoms with E-state index in [0.717, 1.165) is 29.7 Å². The van der Waals surface area contributed by atoms with E-state index in [1.165, 1.54) is 12.1 Å². The van der Waals surface area contributed by atoms with Gasteiger partial charge in [0.05, 0.1) is 6.04 Å². The van der Waals surface area contributed by atoms with E-state index in [9.17, 15) is 4.39 Å². The molecule has 0 amide bonds. The molecule has 1 atom stereocenters. The zero-order valence-corrected chi connectivity index (χ0v) is 12.4. The Hall–Kier alpha value is -1.45. The predicted octanol–water partition coefficient (Wildman–Crippen LogP) is 4.27. The molecule has 4 heteroatoms. The predicted molar refractivity (Wildman–Crippen MR) is 80.5 cm³/mol. The molecule has 2 nitrogen and oxygen atoms in total. The number of benzene rings is 1. The van der Waals surface area contributed by atoms with Crippen LogP contribution in [0.25, 0.3) is 0 Å². The molecule has 1 unspecified atom stereocenters. The summed E-state index contributed by atoms with van der Waals surface area (Å²) in [7, 11) is 0. The molecule has 0 radical (unpaired) electrons. The van der Waals surface area contributed by atoms with Crippen molar-refractivity contribution < 1.29 is 4.39 Å². The van der Waals surface area contributed by atoms with Crippen LogP contribution in [0.15, 0.2) is 36.7 Å². The number of aromatic nitrogens is 1. The third-order valence-corrected chi connectivity index (χ3v) is 3.43. The lowest BCUT2D eigenvalue weighted by molar-refractivity contribution is 0.591. The van der Waals surface area contributed by atoms with E-state index in [1.807, 2.05) is 19.3 Å². The number of rotatable bonds is 5. The van der Waals surface area contributed by atoms with Crippen LogP contribution in [-0.2, 0) is 0 Å². The first-order valence-electron chi connectivity index (χ1n) is 6.71. The molecule has 1 heterocycles. The van der Waals surface area contributed by atoms with Gasteiger partial charge >= 0.3 is 0 Å². The Morgan fingerprint density at radius 3 is 2.75 bits per heavy atom. The van der Waals surface area contributed by atoms with Crippen molar-refractivity contribution in [3.63, 3.8) is 0 Å². The van der Waals surface area contributed by atoms with E-state index < -0.39 is 0 Å². The Morgan fingerprint density at radius 2 is 2.10 bits per heavy atom. The van der Waals surface area contributed by atoms with Crippen LogP contribution in [-0.4, -0.2) is 11.5 Å². The van der Waals surface area contributed by atoms with Crippen molar-refractivity contribution in [2.24, 2.45) is 0 Å². The third kappa shape index (κ3) is 3.56. The van der Waals surface area contributed by atoms with Gasteiger partial charge in [0, 0.05) is 17.4 Å². The Kier molecular flexibility index (Phi) is 5.10. The molecular formula is C16H18ClFN2. The van der Waals surface area contributed by atoms with Gasteiger partial charge in [0.1, 0.15) is 5.82 Å². The molecule has 0 aliphatic carbocycles. The Morgan fingerprint density at radius 1 is 1.30 bits per heavy atom. The number of halogens is 2. The number of hydrogen-bond acceptors (Lipinski definition) is 2. The standard InChI is InChI=1S/C16H18ClFN2/c1-3-6-20-16(12-7-11(2)9-19-10-12)14-5-4-13(18)8-15(14)17/h4-5,7-10,16,20H,3,6H2,1-2H3. The number of hydrogen-bond donors (Lipinski definition) is 1. The average Bonchev–Trinajstić information content (AvgIpc) is 2.41. The fourth-order valence-electron chi connectivity index (χ4n) is 2.17. The first-order valence-corrected chi connectivity index (χ1v) is 7.09. The average molecular weight is 293 g/mol. The van der Waals surface area contributed by atoms with Gasteiger partial charge in [0.2, 0.25) is 0 Å². The monoisotopic (exact) mass is 292 g/mol. The van der Waals surface area contributed by atoms with Crippen LogP contribution in [0, 0.1) is 12.7 Å². The van der Waals surface area contributed by atoms with Gasteiger partial charge in [-0.15, -0.1) is 0 Å². The second-order valence-electron chi connectivity index (χ2n) is 4.85. The molecule has 0 spiro atoms. The molecule has 0 fully saturated rings. The van der Waals surface area contributed by atoms with Gasteiger partial charge in [-0.25, -0.2) is 4.39 Å².